The summed E-state index contributed by atoms with van der Waals surface area (Å²) in [7, 11) is 0. The Morgan fingerprint density at radius 3 is 2.90 bits per heavy atom. The number of hydrogen-bond acceptors (Lipinski definition) is 3. The highest BCUT2D eigenvalue weighted by atomic mass is 32.1. The molecule has 0 fully saturated rings. The van der Waals surface area contributed by atoms with Crippen LogP contribution < -0.4 is 5.32 Å². The summed E-state index contributed by atoms with van der Waals surface area (Å²) in [5.74, 6) is -0.163. The Morgan fingerprint density at radius 2 is 2.15 bits per heavy atom. The molecular formula is C16H16FNS2. The zero-order chi connectivity index (χ0) is 13.9. The Balaban J connectivity index is 1.92. The summed E-state index contributed by atoms with van der Waals surface area (Å²) in [5.41, 5.74) is 0. The molecule has 0 aliphatic rings. The maximum absolute atomic E-state index is 13.3. The van der Waals surface area contributed by atoms with Crippen LogP contribution in [0.1, 0.15) is 22.7 Å². The van der Waals surface area contributed by atoms with Gasteiger partial charge in [0.15, 0.2) is 0 Å². The molecule has 0 radical (unpaired) electrons. The molecule has 3 rings (SSSR count). The predicted octanol–water partition coefficient (Wildman–Crippen LogP) is 5.00. The summed E-state index contributed by atoms with van der Waals surface area (Å²) in [5, 5.41) is 6.77. The summed E-state index contributed by atoms with van der Waals surface area (Å²) in [4.78, 5) is 2.65. The van der Waals surface area contributed by atoms with Crippen LogP contribution in [0.15, 0.2) is 41.8 Å². The Bertz CT molecular complexity index is 688. The maximum Gasteiger partial charge on any atom is 0.124 e. The third kappa shape index (κ3) is 2.92. The van der Waals surface area contributed by atoms with Crippen molar-refractivity contribution in [2.75, 3.05) is 6.54 Å². The van der Waals surface area contributed by atoms with Gasteiger partial charge in [0.25, 0.3) is 0 Å². The van der Waals surface area contributed by atoms with E-state index in [1.54, 1.807) is 28.7 Å². The summed E-state index contributed by atoms with van der Waals surface area (Å²) >= 11 is 3.47. The minimum absolute atomic E-state index is 0.163. The van der Waals surface area contributed by atoms with Crippen LogP contribution in [0, 0.1) is 5.82 Å². The Labute approximate surface area is 126 Å². The smallest absolute Gasteiger partial charge is 0.124 e. The van der Waals surface area contributed by atoms with Crippen LogP contribution in [0.5, 0.6) is 0 Å². The van der Waals surface area contributed by atoms with E-state index < -0.39 is 0 Å². The molecule has 2 heterocycles. The predicted molar refractivity (Wildman–Crippen MR) is 86.2 cm³/mol. The molecule has 1 aromatic carbocycles. The first-order valence-electron chi connectivity index (χ1n) is 6.71. The highest BCUT2D eigenvalue weighted by Gasteiger charge is 2.15. The average Bonchev–Trinajstić information content (AvgIpc) is 3.06. The number of halogens is 1. The highest BCUT2D eigenvalue weighted by Crippen LogP contribution is 2.32. The van der Waals surface area contributed by atoms with Crippen molar-refractivity contribution in [2.24, 2.45) is 0 Å². The molecule has 1 unspecified atom stereocenters. The first kappa shape index (κ1) is 13.7. The van der Waals surface area contributed by atoms with Crippen LogP contribution in [0.2, 0.25) is 0 Å². The van der Waals surface area contributed by atoms with Crippen molar-refractivity contribution < 1.29 is 4.39 Å². The molecule has 0 aliphatic carbocycles. The van der Waals surface area contributed by atoms with Gasteiger partial charge in [-0.2, -0.15) is 0 Å². The van der Waals surface area contributed by atoms with Crippen molar-refractivity contribution >= 4 is 32.8 Å². The van der Waals surface area contributed by atoms with Gasteiger partial charge in [0, 0.05) is 26.9 Å². The van der Waals surface area contributed by atoms with E-state index in [-0.39, 0.29) is 5.82 Å². The number of thiophene rings is 2. The molecule has 0 amide bonds. The van der Waals surface area contributed by atoms with Gasteiger partial charge in [-0.25, -0.2) is 4.39 Å². The second kappa shape index (κ2) is 6.04. The van der Waals surface area contributed by atoms with E-state index in [2.05, 4.69) is 35.8 Å². The Hall–Kier alpha value is -1.23. The molecule has 1 atom stereocenters. The lowest BCUT2D eigenvalue weighted by Crippen LogP contribution is -2.21. The van der Waals surface area contributed by atoms with E-state index in [1.165, 1.54) is 15.8 Å². The lowest BCUT2D eigenvalue weighted by molar-refractivity contribution is 0.562. The number of likely N-dealkylation sites (N-methyl/N-ethyl adjacent to an activating group) is 1. The lowest BCUT2D eigenvalue weighted by atomic mass is 10.1. The van der Waals surface area contributed by atoms with Crippen molar-refractivity contribution in [3.8, 4) is 0 Å². The third-order valence-electron chi connectivity index (χ3n) is 3.28. The highest BCUT2D eigenvalue weighted by molar-refractivity contribution is 7.19. The van der Waals surface area contributed by atoms with Gasteiger partial charge in [-0.05, 0) is 41.6 Å². The van der Waals surface area contributed by atoms with E-state index in [0.717, 1.165) is 23.1 Å². The van der Waals surface area contributed by atoms with Crippen molar-refractivity contribution in [2.45, 2.75) is 19.4 Å². The molecule has 0 aliphatic heterocycles. The molecule has 0 bridgehead atoms. The quantitative estimate of drug-likeness (QED) is 0.700. The molecular weight excluding hydrogens is 289 g/mol. The zero-order valence-corrected chi connectivity index (χ0v) is 12.9. The molecule has 0 saturated heterocycles. The monoisotopic (exact) mass is 305 g/mol. The molecule has 2 aromatic heterocycles. The minimum atomic E-state index is -0.163. The van der Waals surface area contributed by atoms with Crippen molar-refractivity contribution in [1.82, 2.24) is 5.32 Å². The van der Waals surface area contributed by atoms with Crippen LogP contribution in [0.3, 0.4) is 0 Å². The largest absolute Gasteiger partial charge is 0.309 e. The van der Waals surface area contributed by atoms with Gasteiger partial charge in [0.2, 0.25) is 0 Å². The van der Waals surface area contributed by atoms with Crippen LogP contribution in [0.25, 0.3) is 10.1 Å². The second-order valence-electron chi connectivity index (χ2n) is 4.72. The third-order valence-corrected chi connectivity index (χ3v) is 5.39. The van der Waals surface area contributed by atoms with Crippen LogP contribution >= 0.6 is 22.7 Å². The van der Waals surface area contributed by atoms with Gasteiger partial charge in [-0.3, -0.25) is 0 Å². The standard InChI is InChI=1S/C16H16FNS2/c1-2-18-14(10-13-4-3-7-19-13)16-8-11-5-6-12(17)9-15(11)20-16/h3-9,14,18H,2,10H2,1H3. The van der Waals surface area contributed by atoms with Crippen molar-refractivity contribution in [3.05, 3.63) is 57.3 Å². The molecule has 20 heavy (non-hydrogen) atoms. The van der Waals surface area contributed by atoms with Gasteiger partial charge in [-0.15, -0.1) is 22.7 Å². The van der Waals surface area contributed by atoms with E-state index >= 15 is 0 Å². The maximum atomic E-state index is 13.3. The fourth-order valence-corrected chi connectivity index (χ4v) is 4.26. The number of fused-ring (bicyclic) bond motifs is 1. The molecule has 1 nitrogen and oxygen atoms in total. The number of hydrogen-bond donors (Lipinski definition) is 1. The van der Waals surface area contributed by atoms with Crippen LogP contribution in [-0.4, -0.2) is 6.54 Å². The summed E-state index contributed by atoms with van der Waals surface area (Å²) in [6.07, 6.45) is 0.987. The van der Waals surface area contributed by atoms with Gasteiger partial charge in [0.05, 0.1) is 0 Å². The fourth-order valence-electron chi connectivity index (χ4n) is 2.35. The topological polar surface area (TPSA) is 12.0 Å². The first-order valence-corrected chi connectivity index (χ1v) is 8.40. The zero-order valence-electron chi connectivity index (χ0n) is 11.2. The van der Waals surface area contributed by atoms with Gasteiger partial charge in [-0.1, -0.05) is 19.1 Å². The summed E-state index contributed by atoms with van der Waals surface area (Å²) in [6.45, 7) is 3.05. The van der Waals surface area contributed by atoms with Crippen molar-refractivity contribution in [1.29, 1.82) is 0 Å². The average molecular weight is 305 g/mol. The summed E-state index contributed by atoms with van der Waals surface area (Å²) < 4.78 is 14.3. The first-order chi connectivity index (χ1) is 9.76. The Morgan fingerprint density at radius 1 is 1.25 bits per heavy atom. The number of rotatable bonds is 5. The number of nitrogens with one attached hydrogen (secondary N) is 1. The van der Waals surface area contributed by atoms with Gasteiger partial charge in [0.1, 0.15) is 5.82 Å². The number of benzene rings is 1. The van der Waals surface area contributed by atoms with E-state index in [0.29, 0.717) is 6.04 Å². The van der Waals surface area contributed by atoms with Crippen molar-refractivity contribution in [3.63, 3.8) is 0 Å². The van der Waals surface area contributed by atoms with E-state index in [1.807, 2.05) is 6.07 Å². The fraction of sp³-hybridized carbons (Fsp3) is 0.250. The lowest BCUT2D eigenvalue weighted by Gasteiger charge is -2.15. The Kier molecular flexibility index (Phi) is 4.15. The normalized spacial score (nSPS) is 12.9. The molecule has 4 heteroatoms. The van der Waals surface area contributed by atoms with Crippen LogP contribution in [-0.2, 0) is 6.42 Å². The molecule has 3 aromatic rings. The molecule has 0 saturated carbocycles. The SMILES string of the molecule is CCNC(Cc1cccs1)c1cc2ccc(F)cc2s1. The van der Waals surface area contributed by atoms with Gasteiger partial charge >= 0.3 is 0 Å². The van der Waals surface area contributed by atoms with Crippen LogP contribution in [0.4, 0.5) is 4.39 Å². The molecule has 0 spiro atoms. The van der Waals surface area contributed by atoms with E-state index in [9.17, 15) is 4.39 Å². The molecule has 104 valence electrons. The van der Waals surface area contributed by atoms with E-state index in [4.69, 9.17) is 0 Å². The minimum Gasteiger partial charge on any atom is -0.309 e. The molecule has 1 N–H and O–H groups in total. The summed E-state index contributed by atoms with van der Waals surface area (Å²) in [6, 6.07) is 11.8. The second-order valence-corrected chi connectivity index (χ2v) is 6.87. The van der Waals surface area contributed by atoms with Gasteiger partial charge < -0.3 is 5.32 Å².